The summed E-state index contributed by atoms with van der Waals surface area (Å²) in [6.45, 7) is 6.06. The molecule has 1 heterocycles. The lowest BCUT2D eigenvalue weighted by atomic mass is 9.97. The predicted octanol–water partition coefficient (Wildman–Crippen LogP) is 2.88. The van der Waals surface area contributed by atoms with Crippen LogP contribution >= 0.6 is 0 Å². The first-order chi connectivity index (χ1) is 9.50. The standard InChI is InChI=1S/C13H18O2.C2H3N3/c1-9(2)8-11-4-6-12(7-5-11)10(3)13(14)15;1-2-4-5-3-1/h4-7,9-10H,8H2,1-3H3,(H,14,15);1-2H,(H,3,4,5). The van der Waals surface area contributed by atoms with Crippen molar-refractivity contribution in [1.29, 1.82) is 0 Å². The SMILES string of the molecule is CC(C)Cc1ccc(C(C)C(=O)O)cc1.c1c[nH]nn1. The average molecular weight is 275 g/mol. The van der Waals surface area contributed by atoms with Gasteiger partial charge in [0.15, 0.2) is 0 Å². The molecule has 0 aliphatic heterocycles. The number of aromatic nitrogens is 3. The van der Waals surface area contributed by atoms with Crippen molar-refractivity contribution in [3.8, 4) is 0 Å². The Balaban J connectivity index is 0.000000333. The van der Waals surface area contributed by atoms with Gasteiger partial charge in [-0.2, -0.15) is 0 Å². The molecule has 0 saturated carbocycles. The molecular weight excluding hydrogens is 254 g/mol. The van der Waals surface area contributed by atoms with E-state index in [4.69, 9.17) is 5.11 Å². The molecule has 0 saturated heterocycles. The van der Waals surface area contributed by atoms with Gasteiger partial charge in [-0.25, -0.2) is 0 Å². The summed E-state index contributed by atoms with van der Waals surface area (Å²) in [5.74, 6) is -0.558. The topological polar surface area (TPSA) is 78.9 Å². The number of rotatable bonds is 4. The first-order valence-corrected chi connectivity index (χ1v) is 6.62. The number of carbonyl (C=O) groups is 1. The van der Waals surface area contributed by atoms with Crippen molar-refractivity contribution in [2.45, 2.75) is 33.1 Å². The molecule has 0 aliphatic carbocycles. The summed E-state index contributed by atoms with van der Waals surface area (Å²) in [4.78, 5) is 10.8. The quantitative estimate of drug-likeness (QED) is 0.899. The molecule has 0 bridgehead atoms. The van der Waals surface area contributed by atoms with Crippen LogP contribution in [0.5, 0.6) is 0 Å². The molecule has 0 spiro atoms. The zero-order chi connectivity index (χ0) is 15.0. The van der Waals surface area contributed by atoms with Crippen molar-refractivity contribution in [3.63, 3.8) is 0 Å². The zero-order valence-corrected chi connectivity index (χ0v) is 12.1. The van der Waals surface area contributed by atoms with Crippen LogP contribution in [0.3, 0.4) is 0 Å². The molecule has 5 nitrogen and oxygen atoms in total. The Bertz CT molecular complexity index is 475. The van der Waals surface area contributed by atoms with E-state index in [0.29, 0.717) is 5.92 Å². The molecule has 1 atom stereocenters. The van der Waals surface area contributed by atoms with E-state index in [9.17, 15) is 4.79 Å². The van der Waals surface area contributed by atoms with Crippen LogP contribution in [0.15, 0.2) is 36.7 Å². The van der Waals surface area contributed by atoms with Crippen LogP contribution in [0.2, 0.25) is 0 Å². The van der Waals surface area contributed by atoms with Crippen LogP contribution in [0, 0.1) is 5.92 Å². The Labute approximate surface area is 119 Å². The Morgan fingerprint density at radius 1 is 1.25 bits per heavy atom. The largest absolute Gasteiger partial charge is 0.481 e. The summed E-state index contributed by atoms with van der Waals surface area (Å²) in [6.07, 6.45) is 4.28. The van der Waals surface area contributed by atoms with Gasteiger partial charge in [0.1, 0.15) is 0 Å². The molecule has 2 rings (SSSR count). The fraction of sp³-hybridized carbons (Fsp3) is 0.400. The summed E-state index contributed by atoms with van der Waals surface area (Å²) in [7, 11) is 0. The first-order valence-electron chi connectivity index (χ1n) is 6.62. The molecule has 0 fully saturated rings. The molecule has 0 amide bonds. The highest BCUT2D eigenvalue weighted by Gasteiger charge is 2.12. The Hall–Kier alpha value is -2.17. The van der Waals surface area contributed by atoms with E-state index >= 15 is 0 Å². The third-order valence-electron chi connectivity index (χ3n) is 2.83. The molecule has 5 heteroatoms. The van der Waals surface area contributed by atoms with E-state index in [-0.39, 0.29) is 0 Å². The van der Waals surface area contributed by atoms with Crippen molar-refractivity contribution in [1.82, 2.24) is 15.4 Å². The van der Waals surface area contributed by atoms with E-state index in [1.165, 1.54) is 5.56 Å². The van der Waals surface area contributed by atoms with Gasteiger partial charge in [-0.1, -0.05) is 43.3 Å². The lowest BCUT2D eigenvalue weighted by Crippen LogP contribution is -2.07. The number of carboxylic acid groups (broad SMARTS) is 1. The number of hydrogen-bond acceptors (Lipinski definition) is 3. The van der Waals surface area contributed by atoms with Crippen molar-refractivity contribution in [3.05, 3.63) is 47.8 Å². The van der Waals surface area contributed by atoms with E-state index in [1.807, 2.05) is 24.3 Å². The maximum atomic E-state index is 10.8. The molecule has 2 N–H and O–H groups in total. The summed E-state index contributed by atoms with van der Waals surface area (Å²) in [6, 6.07) is 7.87. The molecule has 2 aromatic rings. The highest BCUT2D eigenvalue weighted by atomic mass is 16.4. The van der Waals surface area contributed by atoms with Gasteiger partial charge in [-0.15, -0.1) is 5.10 Å². The van der Waals surface area contributed by atoms with Gasteiger partial charge in [-0.3, -0.25) is 9.89 Å². The summed E-state index contributed by atoms with van der Waals surface area (Å²) < 4.78 is 0. The fourth-order valence-electron chi connectivity index (χ4n) is 1.72. The lowest BCUT2D eigenvalue weighted by Gasteiger charge is -2.09. The van der Waals surface area contributed by atoms with Crippen LogP contribution < -0.4 is 0 Å². The minimum absolute atomic E-state index is 0.418. The van der Waals surface area contributed by atoms with Gasteiger partial charge >= 0.3 is 5.97 Å². The maximum Gasteiger partial charge on any atom is 0.310 e. The minimum atomic E-state index is -0.772. The molecule has 0 aliphatic rings. The second-order valence-electron chi connectivity index (χ2n) is 5.06. The molecule has 20 heavy (non-hydrogen) atoms. The fourth-order valence-corrected chi connectivity index (χ4v) is 1.72. The Kier molecular flexibility index (Phi) is 6.43. The van der Waals surface area contributed by atoms with Crippen molar-refractivity contribution >= 4 is 5.97 Å². The van der Waals surface area contributed by atoms with E-state index in [1.54, 1.807) is 19.3 Å². The first kappa shape index (κ1) is 15.9. The number of carboxylic acids is 1. The summed E-state index contributed by atoms with van der Waals surface area (Å²) in [5.41, 5.74) is 2.14. The number of aliphatic carboxylic acids is 1. The van der Waals surface area contributed by atoms with Gasteiger partial charge in [0.05, 0.1) is 12.1 Å². The monoisotopic (exact) mass is 275 g/mol. The molecule has 1 unspecified atom stereocenters. The van der Waals surface area contributed by atoms with Gasteiger partial charge in [0.2, 0.25) is 0 Å². The highest BCUT2D eigenvalue weighted by Crippen LogP contribution is 2.17. The van der Waals surface area contributed by atoms with Gasteiger partial charge in [-0.05, 0) is 30.4 Å². The van der Waals surface area contributed by atoms with Crippen molar-refractivity contribution < 1.29 is 9.90 Å². The number of benzene rings is 1. The number of hydrogen-bond donors (Lipinski definition) is 2. The van der Waals surface area contributed by atoms with Crippen LogP contribution in [-0.4, -0.2) is 26.5 Å². The highest BCUT2D eigenvalue weighted by molar-refractivity contribution is 5.75. The smallest absolute Gasteiger partial charge is 0.310 e. The molecule has 0 radical (unpaired) electrons. The normalized spacial score (nSPS) is 11.6. The second-order valence-corrected chi connectivity index (χ2v) is 5.06. The van der Waals surface area contributed by atoms with Crippen LogP contribution in [0.25, 0.3) is 0 Å². The molecule has 1 aromatic carbocycles. The van der Waals surface area contributed by atoms with Gasteiger partial charge in [0, 0.05) is 6.20 Å². The van der Waals surface area contributed by atoms with Crippen molar-refractivity contribution in [2.75, 3.05) is 0 Å². The maximum absolute atomic E-state index is 10.8. The third kappa shape index (κ3) is 5.65. The third-order valence-corrected chi connectivity index (χ3v) is 2.83. The summed E-state index contributed by atoms with van der Waals surface area (Å²) in [5, 5.41) is 18.1. The summed E-state index contributed by atoms with van der Waals surface area (Å²) >= 11 is 0. The van der Waals surface area contributed by atoms with Crippen LogP contribution in [-0.2, 0) is 11.2 Å². The lowest BCUT2D eigenvalue weighted by molar-refractivity contribution is -0.138. The van der Waals surface area contributed by atoms with E-state index in [2.05, 4.69) is 29.3 Å². The van der Waals surface area contributed by atoms with E-state index in [0.717, 1.165) is 12.0 Å². The number of H-pyrrole nitrogens is 1. The van der Waals surface area contributed by atoms with Gasteiger partial charge in [0.25, 0.3) is 0 Å². The second kappa shape index (κ2) is 8.09. The van der Waals surface area contributed by atoms with Crippen LogP contribution in [0.4, 0.5) is 0 Å². The van der Waals surface area contributed by atoms with Crippen LogP contribution in [0.1, 0.15) is 37.8 Å². The molecule has 1 aromatic heterocycles. The minimum Gasteiger partial charge on any atom is -0.481 e. The predicted molar refractivity (Wildman–Crippen MR) is 77.4 cm³/mol. The average Bonchev–Trinajstić information content (AvgIpc) is 2.97. The number of nitrogens with one attached hydrogen (secondary N) is 1. The number of nitrogens with zero attached hydrogens (tertiary/aromatic N) is 2. The Morgan fingerprint density at radius 2 is 1.90 bits per heavy atom. The molecular formula is C15H21N3O2. The molecule has 108 valence electrons. The Morgan fingerprint density at radius 3 is 2.25 bits per heavy atom. The van der Waals surface area contributed by atoms with Crippen molar-refractivity contribution in [2.24, 2.45) is 5.92 Å². The van der Waals surface area contributed by atoms with Gasteiger partial charge < -0.3 is 5.11 Å². The van der Waals surface area contributed by atoms with E-state index < -0.39 is 11.9 Å². The zero-order valence-electron chi connectivity index (χ0n) is 12.1. The number of aromatic amines is 1.